The normalized spacial score (nSPS) is 15.4. The Balaban J connectivity index is 1.84. The van der Waals surface area contributed by atoms with Crippen molar-refractivity contribution in [2.75, 3.05) is 11.9 Å². The molecule has 1 saturated carbocycles. The van der Waals surface area contributed by atoms with E-state index < -0.39 is 0 Å². The Morgan fingerprint density at radius 3 is 2.88 bits per heavy atom. The van der Waals surface area contributed by atoms with Crippen molar-refractivity contribution in [1.29, 1.82) is 0 Å². The molecule has 0 radical (unpaired) electrons. The molecular formula is C13H21N3. The van der Waals surface area contributed by atoms with Crippen LogP contribution >= 0.6 is 0 Å². The number of hydrogen-bond acceptors (Lipinski definition) is 3. The van der Waals surface area contributed by atoms with E-state index in [0.29, 0.717) is 5.92 Å². The summed E-state index contributed by atoms with van der Waals surface area (Å²) >= 11 is 0. The molecule has 1 aliphatic rings. The van der Waals surface area contributed by atoms with E-state index in [-0.39, 0.29) is 0 Å². The van der Waals surface area contributed by atoms with Gasteiger partial charge in [-0.05, 0) is 30.9 Å². The van der Waals surface area contributed by atoms with Crippen molar-refractivity contribution in [3.05, 3.63) is 23.9 Å². The molecule has 0 bridgehead atoms. The van der Waals surface area contributed by atoms with Gasteiger partial charge in [-0.2, -0.15) is 0 Å². The minimum Gasteiger partial charge on any atom is -0.370 e. The fraction of sp³-hybridized carbons (Fsp3) is 0.615. The van der Waals surface area contributed by atoms with Gasteiger partial charge in [0.25, 0.3) is 0 Å². The lowest BCUT2D eigenvalue weighted by Crippen LogP contribution is -2.17. The Hall–Kier alpha value is -1.09. The third-order valence-corrected chi connectivity index (χ3v) is 2.65. The summed E-state index contributed by atoms with van der Waals surface area (Å²) in [5.41, 5.74) is 1.13. The van der Waals surface area contributed by atoms with Gasteiger partial charge in [0.1, 0.15) is 5.82 Å². The number of hydrogen-bond donors (Lipinski definition) is 2. The minimum absolute atomic E-state index is 0.648. The molecule has 88 valence electrons. The predicted molar refractivity (Wildman–Crippen MR) is 67.4 cm³/mol. The van der Waals surface area contributed by atoms with Crippen molar-refractivity contribution < 1.29 is 0 Å². The Kier molecular flexibility index (Phi) is 3.78. The molecule has 0 atom stereocenters. The molecule has 0 spiro atoms. The summed E-state index contributed by atoms with van der Waals surface area (Å²) in [6, 6.07) is 6.92. The van der Waals surface area contributed by atoms with E-state index in [4.69, 9.17) is 0 Å². The molecule has 2 rings (SSSR count). The van der Waals surface area contributed by atoms with Crippen LogP contribution in [0, 0.1) is 5.92 Å². The maximum Gasteiger partial charge on any atom is 0.126 e. The second-order valence-corrected chi connectivity index (χ2v) is 4.94. The largest absolute Gasteiger partial charge is 0.370 e. The van der Waals surface area contributed by atoms with Crippen molar-refractivity contribution in [3.63, 3.8) is 0 Å². The highest BCUT2D eigenvalue weighted by molar-refractivity contribution is 5.35. The van der Waals surface area contributed by atoms with E-state index >= 15 is 0 Å². The average molecular weight is 219 g/mol. The molecule has 1 aromatic heterocycles. The van der Waals surface area contributed by atoms with Crippen molar-refractivity contribution in [1.82, 2.24) is 10.3 Å². The molecule has 1 aliphatic carbocycles. The molecule has 0 unspecified atom stereocenters. The fourth-order valence-corrected chi connectivity index (χ4v) is 1.52. The van der Waals surface area contributed by atoms with Crippen molar-refractivity contribution in [3.8, 4) is 0 Å². The van der Waals surface area contributed by atoms with E-state index in [2.05, 4.69) is 41.6 Å². The highest BCUT2D eigenvalue weighted by Gasteiger charge is 2.20. The number of rotatable bonds is 6. The van der Waals surface area contributed by atoms with E-state index in [1.54, 1.807) is 0 Å². The molecule has 1 aromatic rings. The number of pyridine rings is 1. The van der Waals surface area contributed by atoms with Crippen LogP contribution in [-0.4, -0.2) is 17.6 Å². The number of nitrogens with zero attached hydrogens (tertiary/aromatic N) is 1. The highest BCUT2D eigenvalue weighted by atomic mass is 15.0. The summed E-state index contributed by atoms with van der Waals surface area (Å²) in [7, 11) is 0. The SMILES string of the molecule is CC(C)CNc1cccc(CNC2CC2)n1. The molecule has 0 aromatic carbocycles. The average Bonchev–Trinajstić information content (AvgIpc) is 3.08. The lowest BCUT2D eigenvalue weighted by molar-refractivity contribution is 0.670. The van der Waals surface area contributed by atoms with Gasteiger partial charge in [-0.3, -0.25) is 0 Å². The maximum absolute atomic E-state index is 4.57. The summed E-state index contributed by atoms with van der Waals surface area (Å²) in [6.45, 7) is 6.27. The third-order valence-electron chi connectivity index (χ3n) is 2.65. The molecule has 0 saturated heterocycles. The molecule has 2 N–H and O–H groups in total. The van der Waals surface area contributed by atoms with Crippen LogP contribution in [0.1, 0.15) is 32.4 Å². The van der Waals surface area contributed by atoms with Crippen LogP contribution in [0.15, 0.2) is 18.2 Å². The summed E-state index contributed by atoms with van der Waals surface area (Å²) in [6.07, 6.45) is 2.65. The first-order valence-electron chi connectivity index (χ1n) is 6.17. The summed E-state index contributed by atoms with van der Waals surface area (Å²) in [5.74, 6) is 1.64. The molecule has 1 fully saturated rings. The quantitative estimate of drug-likeness (QED) is 0.771. The summed E-state index contributed by atoms with van der Waals surface area (Å²) in [5, 5.41) is 6.82. The second kappa shape index (κ2) is 5.30. The van der Waals surface area contributed by atoms with Crippen LogP contribution in [-0.2, 0) is 6.54 Å². The molecule has 0 amide bonds. The summed E-state index contributed by atoms with van der Waals surface area (Å²) < 4.78 is 0. The molecule has 3 nitrogen and oxygen atoms in total. The highest BCUT2D eigenvalue weighted by Crippen LogP contribution is 2.19. The number of nitrogens with one attached hydrogen (secondary N) is 2. The van der Waals surface area contributed by atoms with Gasteiger partial charge in [-0.25, -0.2) is 4.98 Å². The van der Waals surface area contributed by atoms with Gasteiger partial charge < -0.3 is 10.6 Å². The molecule has 3 heteroatoms. The Morgan fingerprint density at radius 1 is 1.38 bits per heavy atom. The van der Waals surface area contributed by atoms with Crippen LogP contribution in [0.3, 0.4) is 0 Å². The van der Waals surface area contributed by atoms with Gasteiger partial charge in [0.15, 0.2) is 0 Å². The van der Waals surface area contributed by atoms with Crippen LogP contribution in [0.5, 0.6) is 0 Å². The van der Waals surface area contributed by atoms with Gasteiger partial charge >= 0.3 is 0 Å². The van der Waals surface area contributed by atoms with Crippen LogP contribution in [0.4, 0.5) is 5.82 Å². The first kappa shape index (κ1) is 11.4. The first-order valence-corrected chi connectivity index (χ1v) is 6.17. The predicted octanol–water partition coefficient (Wildman–Crippen LogP) is 2.40. The number of anilines is 1. The van der Waals surface area contributed by atoms with E-state index in [9.17, 15) is 0 Å². The minimum atomic E-state index is 0.648. The zero-order valence-electron chi connectivity index (χ0n) is 10.2. The van der Waals surface area contributed by atoms with Crippen LogP contribution < -0.4 is 10.6 Å². The van der Waals surface area contributed by atoms with Gasteiger partial charge in [0.05, 0.1) is 5.69 Å². The Bertz CT molecular complexity index is 310. The maximum atomic E-state index is 4.57. The van der Waals surface area contributed by atoms with Crippen molar-refractivity contribution in [2.45, 2.75) is 39.3 Å². The lowest BCUT2D eigenvalue weighted by Gasteiger charge is -2.09. The Labute approximate surface area is 97.7 Å². The zero-order valence-corrected chi connectivity index (χ0v) is 10.2. The van der Waals surface area contributed by atoms with Gasteiger partial charge in [-0.15, -0.1) is 0 Å². The molecule has 16 heavy (non-hydrogen) atoms. The fourth-order valence-electron chi connectivity index (χ4n) is 1.52. The van der Waals surface area contributed by atoms with E-state index in [1.807, 2.05) is 6.07 Å². The van der Waals surface area contributed by atoms with Gasteiger partial charge in [0.2, 0.25) is 0 Å². The summed E-state index contributed by atoms with van der Waals surface area (Å²) in [4.78, 5) is 4.57. The topological polar surface area (TPSA) is 37.0 Å². The van der Waals surface area contributed by atoms with Crippen molar-refractivity contribution in [2.24, 2.45) is 5.92 Å². The second-order valence-electron chi connectivity index (χ2n) is 4.94. The van der Waals surface area contributed by atoms with E-state index in [1.165, 1.54) is 12.8 Å². The molecule has 1 heterocycles. The first-order chi connectivity index (χ1) is 7.74. The standard InChI is InChI=1S/C13H21N3/c1-10(2)8-15-13-5-3-4-12(16-13)9-14-11-6-7-11/h3-5,10-11,14H,6-9H2,1-2H3,(H,15,16). The monoisotopic (exact) mass is 219 g/mol. The molecule has 0 aliphatic heterocycles. The molecular weight excluding hydrogens is 198 g/mol. The van der Waals surface area contributed by atoms with Crippen LogP contribution in [0.2, 0.25) is 0 Å². The van der Waals surface area contributed by atoms with Crippen LogP contribution in [0.25, 0.3) is 0 Å². The third kappa shape index (κ3) is 3.81. The van der Waals surface area contributed by atoms with Gasteiger partial charge in [0, 0.05) is 19.1 Å². The van der Waals surface area contributed by atoms with Crippen molar-refractivity contribution >= 4 is 5.82 Å². The number of aromatic nitrogens is 1. The Morgan fingerprint density at radius 2 is 2.19 bits per heavy atom. The lowest BCUT2D eigenvalue weighted by atomic mass is 10.2. The van der Waals surface area contributed by atoms with E-state index in [0.717, 1.165) is 30.6 Å². The zero-order chi connectivity index (χ0) is 11.4. The smallest absolute Gasteiger partial charge is 0.126 e. The van der Waals surface area contributed by atoms with Gasteiger partial charge in [-0.1, -0.05) is 19.9 Å².